The van der Waals surface area contributed by atoms with Gasteiger partial charge in [0.2, 0.25) is 5.82 Å². The van der Waals surface area contributed by atoms with Gasteiger partial charge in [0.1, 0.15) is 0 Å². The normalized spacial score (nSPS) is 18.0. The van der Waals surface area contributed by atoms with Crippen molar-refractivity contribution in [2.45, 2.75) is 19.9 Å². The molecular formula is C12H18Cl2N6O. The number of nitrogens with one attached hydrogen (secondary N) is 1. The summed E-state index contributed by atoms with van der Waals surface area (Å²) in [6.07, 6.45) is 1.67. The molecule has 1 saturated heterocycles. The number of carbonyl (C=O) groups excluding carboxylic acids is 1. The molecule has 7 nitrogen and oxygen atoms in total. The van der Waals surface area contributed by atoms with E-state index in [4.69, 9.17) is 0 Å². The molecule has 2 aromatic rings. The number of halogens is 2. The molecule has 9 heteroatoms. The van der Waals surface area contributed by atoms with Crippen LogP contribution in [0.15, 0.2) is 12.3 Å². The summed E-state index contributed by atoms with van der Waals surface area (Å²) in [5.41, 5.74) is 0.907. The third-order valence-corrected chi connectivity index (χ3v) is 3.38. The van der Waals surface area contributed by atoms with Crippen molar-refractivity contribution in [1.29, 1.82) is 0 Å². The van der Waals surface area contributed by atoms with Gasteiger partial charge in [-0.1, -0.05) is 0 Å². The van der Waals surface area contributed by atoms with Gasteiger partial charge in [0.25, 0.3) is 11.7 Å². The van der Waals surface area contributed by atoms with Crippen molar-refractivity contribution < 1.29 is 4.79 Å². The molecule has 1 fully saturated rings. The number of nitrogens with zero attached hydrogens (tertiary/aromatic N) is 5. The monoisotopic (exact) mass is 332 g/mol. The maximum Gasteiger partial charge on any atom is 0.293 e. The number of aromatic nitrogens is 4. The van der Waals surface area contributed by atoms with E-state index < -0.39 is 0 Å². The van der Waals surface area contributed by atoms with Gasteiger partial charge in [-0.25, -0.2) is 9.50 Å². The Balaban J connectivity index is 0.00000110. The Morgan fingerprint density at radius 2 is 2.19 bits per heavy atom. The topological polar surface area (TPSA) is 75.4 Å². The molecule has 3 heterocycles. The lowest BCUT2D eigenvalue weighted by molar-refractivity contribution is 0.0643. The first-order valence-corrected chi connectivity index (χ1v) is 6.37. The van der Waals surface area contributed by atoms with Gasteiger partial charge in [-0.2, -0.15) is 4.98 Å². The smallest absolute Gasteiger partial charge is 0.293 e. The quantitative estimate of drug-likeness (QED) is 0.832. The number of hydrogen-bond donors (Lipinski definition) is 1. The van der Waals surface area contributed by atoms with Crippen LogP contribution in [-0.2, 0) is 0 Å². The molecule has 0 spiro atoms. The van der Waals surface area contributed by atoms with Gasteiger partial charge in [0.15, 0.2) is 0 Å². The minimum absolute atomic E-state index is 0. The summed E-state index contributed by atoms with van der Waals surface area (Å²) >= 11 is 0. The van der Waals surface area contributed by atoms with Crippen LogP contribution in [0, 0.1) is 6.92 Å². The van der Waals surface area contributed by atoms with E-state index in [0.29, 0.717) is 12.3 Å². The van der Waals surface area contributed by atoms with Gasteiger partial charge >= 0.3 is 0 Å². The first kappa shape index (κ1) is 17.6. The summed E-state index contributed by atoms with van der Waals surface area (Å²) in [4.78, 5) is 22.6. The summed E-state index contributed by atoms with van der Waals surface area (Å²) < 4.78 is 1.60. The van der Waals surface area contributed by atoms with E-state index in [9.17, 15) is 4.79 Å². The number of fused-ring (bicyclic) bond motifs is 1. The van der Waals surface area contributed by atoms with Gasteiger partial charge in [-0.05, 0) is 19.9 Å². The fourth-order valence-electron chi connectivity index (χ4n) is 2.27. The zero-order valence-corrected chi connectivity index (χ0v) is 13.4. The zero-order valence-electron chi connectivity index (χ0n) is 11.8. The van der Waals surface area contributed by atoms with Crippen molar-refractivity contribution in [3.05, 3.63) is 23.8 Å². The summed E-state index contributed by atoms with van der Waals surface area (Å²) in [6.45, 7) is 6.22. The Kier molecular flexibility index (Phi) is 5.88. The van der Waals surface area contributed by atoms with E-state index in [-0.39, 0.29) is 42.6 Å². The predicted octanol–water partition coefficient (Wildman–Crippen LogP) is 0.710. The lowest BCUT2D eigenvalue weighted by Gasteiger charge is -2.33. The average molecular weight is 333 g/mol. The predicted molar refractivity (Wildman–Crippen MR) is 83.4 cm³/mol. The second-order valence-corrected chi connectivity index (χ2v) is 4.79. The first-order chi connectivity index (χ1) is 9.16. The van der Waals surface area contributed by atoms with Gasteiger partial charge < -0.3 is 10.2 Å². The van der Waals surface area contributed by atoms with Crippen molar-refractivity contribution in [3.63, 3.8) is 0 Å². The van der Waals surface area contributed by atoms with E-state index in [0.717, 1.165) is 18.8 Å². The highest BCUT2D eigenvalue weighted by molar-refractivity contribution is 5.91. The number of carbonyl (C=O) groups is 1. The second-order valence-electron chi connectivity index (χ2n) is 4.79. The van der Waals surface area contributed by atoms with Crippen LogP contribution in [0.4, 0.5) is 0 Å². The largest absolute Gasteiger partial charge is 0.331 e. The molecule has 0 aromatic carbocycles. The molecule has 1 atom stereocenters. The number of aryl methyl sites for hydroxylation is 1. The van der Waals surface area contributed by atoms with Crippen LogP contribution in [0.5, 0.6) is 0 Å². The van der Waals surface area contributed by atoms with Crippen molar-refractivity contribution in [1.82, 2.24) is 29.8 Å². The van der Waals surface area contributed by atoms with Crippen LogP contribution in [0.1, 0.15) is 23.2 Å². The molecule has 0 saturated carbocycles. The molecule has 0 bridgehead atoms. The third kappa shape index (κ3) is 3.25. The SMILES string of the molecule is Cc1ccnc2nc(C(=O)N3CCNC[C@H]3C)nn12.Cl.Cl. The van der Waals surface area contributed by atoms with E-state index in [2.05, 4.69) is 20.4 Å². The molecule has 0 radical (unpaired) electrons. The van der Waals surface area contributed by atoms with Gasteiger partial charge in [-0.15, -0.1) is 29.9 Å². The lowest BCUT2D eigenvalue weighted by Crippen LogP contribution is -2.52. The third-order valence-electron chi connectivity index (χ3n) is 3.38. The lowest BCUT2D eigenvalue weighted by atomic mass is 10.2. The number of piperazine rings is 1. The molecule has 3 rings (SSSR count). The van der Waals surface area contributed by atoms with Gasteiger partial charge in [0, 0.05) is 37.6 Å². The molecule has 1 aliphatic heterocycles. The van der Waals surface area contributed by atoms with E-state index in [1.165, 1.54) is 0 Å². The Morgan fingerprint density at radius 1 is 1.43 bits per heavy atom. The van der Waals surface area contributed by atoms with Gasteiger partial charge in [-0.3, -0.25) is 4.79 Å². The minimum Gasteiger partial charge on any atom is -0.331 e. The summed E-state index contributed by atoms with van der Waals surface area (Å²) in [7, 11) is 0. The van der Waals surface area contributed by atoms with Crippen molar-refractivity contribution >= 4 is 36.5 Å². The van der Waals surface area contributed by atoms with E-state index in [1.54, 1.807) is 15.6 Å². The summed E-state index contributed by atoms with van der Waals surface area (Å²) in [5.74, 6) is 0.556. The fourth-order valence-corrected chi connectivity index (χ4v) is 2.27. The van der Waals surface area contributed by atoms with Crippen molar-refractivity contribution in [2.24, 2.45) is 0 Å². The molecule has 1 amide bonds. The molecule has 2 aromatic heterocycles. The van der Waals surface area contributed by atoms with Crippen molar-refractivity contribution in [3.8, 4) is 0 Å². The highest BCUT2D eigenvalue weighted by Crippen LogP contribution is 2.09. The standard InChI is InChI=1S/C12H16N6O.2ClH/c1-8-3-4-14-12-15-10(16-18(8)12)11(19)17-6-5-13-7-9(17)2;;/h3-4,9,13H,5-7H2,1-2H3;2*1H/t9-;;/m1../s1. The molecule has 0 unspecified atom stereocenters. The molecule has 0 aliphatic carbocycles. The highest BCUT2D eigenvalue weighted by atomic mass is 35.5. The van der Waals surface area contributed by atoms with Crippen LogP contribution < -0.4 is 5.32 Å². The Labute approximate surface area is 135 Å². The summed E-state index contributed by atoms with van der Waals surface area (Å²) in [6, 6.07) is 1.99. The second kappa shape index (κ2) is 7.02. The van der Waals surface area contributed by atoms with E-state index >= 15 is 0 Å². The van der Waals surface area contributed by atoms with Crippen LogP contribution in [0.25, 0.3) is 5.78 Å². The highest BCUT2D eigenvalue weighted by Gasteiger charge is 2.27. The van der Waals surface area contributed by atoms with Gasteiger partial charge in [0.05, 0.1) is 0 Å². The number of amides is 1. The van der Waals surface area contributed by atoms with Crippen LogP contribution in [0.3, 0.4) is 0 Å². The minimum atomic E-state index is -0.126. The van der Waals surface area contributed by atoms with E-state index in [1.807, 2.05) is 19.9 Å². The Hall–Kier alpha value is -1.44. The van der Waals surface area contributed by atoms with Crippen LogP contribution >= 0.6 is 24.8 Å². The maximum atomic E-state index is 12.4. The molecular weight excluding hydrogens is 315 g/mol. The molecule has 116 valence electrons. The fraction of sp³-hybridized carbons (Fsp3) is 0.500. The first-order valence-electron chi connectivity index (χ1n) is 6.37. The number of rotatable bonds is 1. The van der Waals surface area contributed by atoms with Crippen LogP contribution in [-0.4, -0.2) is 56.1 Å². The average Bonchev–Trinajstić information content (AvgIpc) is 2.84. The molecule has 21 heavy (non-hydrogen) atoms. The molecule has 1 N–H and O–H groups in total. The summed E-state index contributed by atoms with van der Waals surface area (Å²) in [5, 5.41) is 7.51. The Morgan fingerprint density at radius 3 is 2.86 bits per heavy atom. The molecule has 1 aliphatic rings. The number of hydrogen-bond acceptors (Lipinski definition) is 5. The Bertz CT molecular complexity index is 631. The maximum absolute atomic E-state index is 12.4. The van der Waals surface area contributed by atoms with Crippen molar-refractivity contribution in [2.75, 3.05) is 19.6 Å². The zero-order chi connectivity index (χ0) is 13.4. The van der Waals surface area contributed by atoms with Crippen LogP contribution in [0.2, 0.25) is 0 Å².